The Labute approximate surface area is 158 Å². The van der Waals surface area contributed by atoms with Gasteiger partial charge in [0.05, 0.1) is 17.8 Å². The number of hydrogen-bond acceptors (Lipinski definition) is 4. The van der Waals surface area contributed by atoms with E-state index in [-0.39, 0.29) is 16.3 Å². The van der Waals surface area contributed by atoms with Crippen LogP contribution in [-0.2, 0) is 9.59 Å². The van der Waals surface area contributed by atoms with Crippen LogP contribution >= 0.6 is 23.2 Å². The number of halogens is 2. The minimum absolute atomic E-state index is 0.174. The molecule has 0 unspecified atom stereocenters. The van der Waals surface area contributed by atoms with Crippen LogP contribution < -0.4 is 15.0 Å². The minimum atomic E-state index is -0.872. The van der Waals surface area contributed by atoms with Crippen LogP contribution in [-0.4, -0.2) is 25.0 Å². The van der Waals surface area contributed by atoms with Gasteiger partial charge in [-0.15, -0.1) is 0 Å². The highest BCUT2D eigenvalue weighted by Gasteiger charge is 2.37. The Kier molecular flexibility index (Phi) is 4.97. The fraction of sp³-hybridized carbons (Fsp3) is 0.0556. The lowest BCUT2D eigenvalue weighted by Crippen LogP contribution is -2.54. The smallest absolute Gasteiger partial charge is 0.335 e. The van der Waals surface area contributed by atoms with E-state index in [1.165, 1.54) is 25.3 Å². The molecule has 132 valence electrons. The Balaban J connectivity index is 2.09. The Morgan fingerprint density at radius 2 is 1.81 bits per heavy atom. The number of hydrogen-bond donors (Lipinski definition) is 1. The maximum absolute atomic E-state index is 12.8. The number of methoxy groups -OCH3 is 1. The number of imide groups is 2. The number of amides is 4. The topological polar surface area (TPSA) is 75.7 Å². The van der Waals surface area contributed by atoms with Gasteiger partial charge >= 0.3 is 6.03 Å². The second-order valence-corrected chi connectivity index (χ2v) is 6.14. The Bertz CT molecular complexity index is 956. The molecule has 1 heterocycles. The standard InChI is InChI=1S/C18H12Cl2N2O4/c1-26-15-7-6-11(19)8-10(15)9-12-16(23)21-18(25)22(17(12)24)14-5-3-2-4-13(14)20/h2-9H,1H3,(H,21,23,25)/b12-9+. The number of para-hydroxylation sites is 1. The number of ether oxygens (including phenoxy) is 1. The van der Waals surface area contributed by atoms with Gasteiger partial charge in [-0.1, -0.05) is 35.3 Å². The van der Waals surface area contributed by atoms with Crippen molar-refractivity contribution in [1.29, 1.82) is 0 Å². The first kappa shape index (κ1) is 18.0. The van der Waals surface area contributed by atoms with Gasteiger partial charge in [-0.3, -0.25) is 14.9 Å². The van der Waals surface area contributed by atoms with Gasteiger partial charge in [-0.2, -0.15) is 0 Å². The summed E-state index contributed by atoms with van der Waals surface area (Å²) in [6.07, 6.45) is 1.32. The molecule has 1 saturated heterocycles. The molecule has 1 fully saturated rings. The summed E-state index contributed by atoms with van der Waals surface area (Å²) in [4.78, 5) is 38.0. The van der Waals surface area contributed by atoms with Crippen LogP contribution in [0.25, 0.3) is 6.08 Å². The molecule has 0 aromatic heterocycles. The lowest BCUT2D eigenvalue weighted by Gasteiger charge is -2.27. The van der Waals surface area contributed by atoms with Crippen molar-refractivity contribution in [2.75, 3.05) is 12.0 Å². The van der Waals surface area contributed by atoms with Gasteiger partial charge < -0.3 is 4.74 Å². The molecule has 2 aromatic rings. The molecule has 0 bridgehead atoms. The Morgan fingerprint density at radius 3 is 2.50 bits per heavy atom. The number of rotatable bonds is 3. The normalized spacial score (nSPS) is 16.0. The van der Waals surface area contributed by atoms with E-state index in [0.717, 1.165) is 4.90 Å². The first-order valence-electron chi connectivity index (χ1n) is 7.42. The zero-order chi connectivity index (χ0) is 18.8. The summed E-state index contributed by atoms with van der Waals surface area (Å²) in [6.45, 7) is 0. The molecule has 6 nitrogen and oxygen atoms in total. The maximum Gasteiger partial charge on any atom is 0.335 e. The monoisotopic (exact) mass is 390 g/mol. The molecular weight excluding hydrogens is 379 g/mol. The van der Waals surface area contributed by atoms with Crippen molar-refractivity contribution in [3.63, 3.8) is 0 Å². The van der Waals surface area contributed by atoms with Crippen molar-refractivity contribution in [3.05, 3.63) is 63.6 Å². The van der Waals surface area contributed by atoms with Gasteiger partial charge in [0.1, 0.15) is 11.3 Å². The number of nitrogens with one attached hydrogen (secondary N) is 1. The van der Waals surface area contributed by atoms with E-state index in [1.807, 2.05) is 0 Å². The molecule has 4 amide bonds. The van der Waals surface area contributed by atoms with Crippen molar-refractivity contribution < 1.29 is 19.1 Å². The summed E-state index contributed by atoms with van der Waals surface area (Å²) in [5, 5.41) is 2.74. The summed E-state index contributed by atoms with van der Waals surface area (Å²) in [7, 11) is 1.45. The molecule has 0 aliphatic carbocycles. The SMILES string of the molecule is COc1ccc(Cl)cc1/C=C1\C(=O)NC(=O)N(c2ccccc2Cl)C1=O. The molecule has 1 aliphatic heterocycles. The number of anilines is 1. The summed E-state index contributed by atoms with van der Waals surface area (Å²) in [5.41, 5.74) is 0.352. The highest BCUT2D eigenvalue weighted by Crippen LogP contribution is 2.30. The molecule has 26 heavy (non-hydrogen) atoms. The molecule has 1 aliphatic rings. The van der Waals surface area contributed by atoms with Gasteiger partial charge in [0.25, 0.3) is 11.8 Å². The highest BCUT2D eigenvalue weighted by atomic mass is 35.5. The Morgan fingerprint density at radius 1 is 1.08 bits per heavy atom. The summed E-state index contributed by atoms with van der Waals surface area (Å²) in [5.74, 6) is -1.19. The third-order valence-corrected chi connectivity index (χ3v) is 4.24. The van der Waals surface area contributed by atoms with Crippen LogP contribution in [0.1, 0.15) is 5.56 Å². The van der Waals surface area contributed by atoms with E-state index < -0.39 is 17.8 Å². The van der Waals surface area contributed by atoms with Crippen molar-refractivity contribution in [1.82, 2.24) is 5.32 Å². The fourth-order valence-electron chi connectivity index (χ4n) is 2.48. The van der Waals surface area contributed by atoms with Crippen molar-refractivity contribution in [3.8, 4) is 5.75 Å². The van der Waals surface area contributed by atoms with Gasteiger partial charge in [0.2, 0.25) is 0 Å². The fourth-order valence-corrected chi connectivity index (χ4v) is 2.88. The summed E-state index contributed by atoms with van der Waals surface area (Å²) >= 11 is 12.1. The van der Waals surface area contributed by atoms with Crippen molar-refractivity contribution in [2.24, 2.45) is 0 Å². The zero-order valence-corrected chi connectivity index (χ0v) is 15.0. The van der Waals surface area contributed by atoms with E-state index in [4.69, 9.17) is 27.9 Å². The van der Waals surface area contributed by atoms with Crippen LogP contribution in [0.15, 0.2) is 48.0 Å². The molecule has 0 saturated carbocycles. The Hall–Kier alpha value is -2.83. The number of carbonyl (C=O) groups excluding carboxylic acids is 3. The molecule has 2 aromatic carbocycles. The lowest BCUT2D eigenvalue weighted by atomic mass is 10.1. The first-order chi connectivity index (χ1) is 12.4. The van der Waals surface area contributed by atoms with Crippen LogP contribution in [0.3, 0.4) is 0 Å². The predicted octanol–water partition coefficient (Wildman–Crippen LogP) is 3.67. The minimum Gasteiger partial charge on any atom is -0.496 e. The third-order valence-electron chi connectivity index (χ3n) is 3.69. The first-order valence-corrected chi connectivity index (χ1v) is 8.17. The number of carbonyl (C=O) groups is 3. The molecule has 8 heteroatoms. The average molecular weight is 391 g/mol. The van der Waals surface area contributed by atoms with Crippen LogP contribution in [0.2, 0.25) is 10.0 Å². The van der Waals surface area contributed by atoms with Crippen molar-refractivity contribution >= 4 is 52.8 Å². The highest BCUT2D eigenvalue weighted by molar-refractivity contribution is 6.42. The van der Waals surface area contributed by atoms with Gasteiger partial charge in [0.15, 0.2) is 0 Å². The molecule has 0 radical (unpaired) electrons. The molecular formula is C18H12Cl2N2O4. The molecule has 0 atom stereocenters. The van der Waals surface area contributed by atoms with E-state index >= 15 is 0 Å². The number of urea groups is 1. The van der Waals surface area contributed by atoms with Crippen molar-refractivity contribution in [2.45, 2.75) is 0 Å². The van der Waals surface area contributed by atoms with Crippen LogP contribution in [0.5, 0.6) is 5.75 Å². The van der Waals surface area contributed by atoms with Gasteiger partial charge in [0, 0.05) is 10.6 Å². The average Bonchev–Trinajstić information content (AvgIpc) is 2.60. The van der Waals surface area contributed by atoms with Crippen LogP contribution in [0.4, 0.5) is 10.5 Å². The van der Waals surface area contributed by atoms with Crippen LogP contribution in [0, 0.1) is 0 Å². The number of barbiturate groups is 1. The van der Waals surface area contributed by atoms with E-state index in [0.29, 0.717) is 16.3 Å². The predicted molar refractivity (Wildman–Crippen MR) is 98.5 cm³/mol. The van der Waals surface area contributed by atoms with Gasteiger partial charge in [-0.05, 0) is 36.4 Å². The zero-order valence-electron chi connectivity index (χ0n) is 13.5. The second-order valence-electron chi connectivity index (χ2n) is 5.30. The lowest BCUT2D eigenvalue weighted by molar-refractivity contribution is -0.122. The van der Waals surface area contributed by atoms with Gasteiger partial charge in [-0.25, -0.2) is 9.69 Å². The largest absolute Gasteiger partial charge is 0.496 e. The van der Waals surface area contributed by atoms with E-state index in [2.05, 4.69) is 5.32 Å². The molecule has 1 N–H and O–H groups in total. The van der Waals surface area contributed by atoms with E-state index in [1.54, 1.807) is 30.3 Å². The number of benzene rings is 2. The molecule has 0 spiro atoms. The quantitative estimate of drug-likeness (QED) is 0.640. The summed E-state index contributed by atoms with van der Waals surface area (Å²) < 4.78 is 5.22. The second kappa shape index (κ2) is 7.19. The number of nitrogens with zero attached hydrogens (tertiary/aromatic N) is 1. The summed E-state index contributed by atoms with van der Waals surface area (Å²) in [6, 6.07) is 10.2. The van der Waals surface area contributed by atoms with E-state index in [9.17, 15) is 14.4 Å². The third kappa shape index (κ3) is 3.29. The molecule has 3 rings (SSSR count). The maximum atomic E-state index is 12.8.